The normalized spacial score (nSPS) is 17.5. The summed E-state index contributed by atoms with van der Waals surface area (Å²) in [5.41, 5.74) is 7.15. The van der Waals surface area contributed by atoms with E-state index in [4.69, 9.17) is 16.6 Å². The van der Waals surface area contributed by atoms with Crippen molar-refractivity contribution in [2.75, 3.05) is 11.6 Å². The molecule has 0 atom stereocenters. The molecule has 4 nitrogen and oxygen atoms in total. The number of hydrogen-bond acceptors (Lipinski definition) is 3. The van der Waals surface area contributed by atoms with Crippen LogP contribution in [0.5, 0.6) is 0 Å². The van der Waals surface area contributed by atoms with Crippen LogP contribution in [0, 0.1) is 0 Å². The first-order chi connectivity index (χ1) is 8.69. The van der Waals surface area contributed by atoms with Gasteiger partial charge in [0.1, 0.15) is 11.6 Å². The smallest absolute Gasteiger partial charge is 0.146 e. The molecule has 0 aliphatic heterocycles. The Morgan fingerprint density at radius 1 is 1.22 bits per heavy atom. The van der Waals surface area contributed by atoms with Crippen LogP contribution in [0.3, 0.4) is 0 Å². The highest BCUT2D eigenvalue weighted by atomic mass is 15.4. The zero-order chi connectivity index (χ0) is 13.1. The van der Waals surface area contributed by atoms with Gasteiger partial charge >= 0.3 is 0 Å². The van der Waals surface area contributed by atoms with Crippen molar-refractivity contribution in [3.8, 4) is 0 Å². The molecule has 0 aromatic carbocycles. The molecule has 1 saturated carbocycles. The molecule has 18 heavy (non-hydrogen) atoms. The zero-order valence-electron chi connectivity index (χ0n) is 11.7. The second-order valence-corrected chi connectivity index (χ2v) is 5.46. The summed E-state index contributed by atoms with van der Waals surface area (Å²) in [5, 5.41) is 0. The van der Waals surface area contributed by atoms with E-state index in [-0.39, 0.29) is 0 Å². The van der Waals surface area contributed by atoms with Crippen LogP contribution in [0.15, 0.2) is 0 Å². The lowest BCUT2D eigenvalue weighted by molar-refractivity contribution is 0.423. The van der Waals surface area contributed by atoms with E-state index in [2.05, 4.69) is 13.8 Å². The number of rotatable bonds is 4. The summed E-state index contributed by atoms with van der Waals surface area (Å²) in [6.07, 6.45) is 8.47. The van der Waals surface area contributed by atoms with E-state index in [9.17, 15) is 0 Å². The lowest BCUT2D eigenvalue weighted by Crippen LogP contribution is -2.19. The first-order valence-electron chi connectivity index (χ1n) is 7.32. The fourth-order valence-corrected chi connectivity index (χ4v) is 3.11. The third-order valence-corrected chi connectivity index (χ3v) is 4.35. The van der Waals surface area contributed by atoms with Crippen molar-refractivity contribution in [2.45, 2.75) is 70.6 Å². The van der Waals surface area contributed by atoms with Gasteiger partial charge in [0.15, 0.2) is 0 Å². The van der Waals surface area contributed by atoms with Crippen LogP contribution in [0.2, 0.25) is 0 Å². The van der Waals surface area contributed by atoms with E-state index >= 15 is 0 Å². The summed E-state index contributed by atoms with van der Waals surface area (Å²) in [4.78, 5) is 4.79. The maximum atomic E-state index is 6.14. The second kappa shape index (κ2) is 5.63. The fourth-order valence-electron chi connectivity index (χ4n) is 3.11. The van der Waals surface area contributed by atoms with Crippen LogP contribution in [0.1, 0.15) is 82.1 Å². The Kier molecular flexibility index (Phi) is 4.15. The van der Waals surface area contributed by atoms with Crippen LogP contribution in [0.25, 0.3) is 0 Å². The van der Waals surface area contributed by atoms with Crippen LogP contribution >= 0.6 is 0 Å². The maximum absolute atomic E-state index is 6.14. The van der Waals surface area contributed by atoms with Crippen molar-refractivity contribution in [1.82, 2.24) is 9.66 Å². The fraction of sp³-hybridized carbons (Fsp3) is 0.786. The molecule has 1 aliphatic carbocycles. The molecule has 0 unspecified atom stereocenters. The molecule has 0 spiro atoms. The first kappa shape index (κ1) is 13.2. The zero-order valence-corrected chi connectivity index (χ0v) is 11.7. The summed E-state index contributed by atoms with van der Waals surface area (Å²) in [7, 11) is 0. The summed E-state index contributed by atoms with van der Waals surface area (Å²) >= 11 is 0. The monoisotopic (exact) mass is 250 g/mol. The minimum absolute atomic E-state index is 0.442. The van der Waals surface area contributed by atoms with Gasteiger partial charge in [0.2, 0.25) is 0 Å². The lowest BCUT2D eigenvalue weighted by Gasteiger charge is -2.20. The molecule has 4 heteroatoms. The average Bonchev–Trinajstić information content (AvgIpc) is 2.70. The molecular weight excluding hydrogens is 224 g/mol. The molecule has 1 aromatic rings. The van der Waals surface area contributed by atoms with E-state index < -0.39 is 0 Å². The Hall–Kier alpha value is -1.19. The SMILES string of the molecule is CCC(CC)c1nc(C2CCCCC2)n(N)c1N. The Morgan fingerprint density at radius 3 is 2.39 bits per heavy atom. The van der Waals surface area contributed by atoms with Crippen molar-refractivity contribution < 1.29 is 0 Å². The highest BCUT2D eigenvalue weighted by Crippen LogP contribution is 2.35. The van der Waals surface area contributed by atoms with E-state index in [1.807, 2.05) is 0 Å². The van der Waals surface area contributed by atoms with Gasteiger partial charge < -0.3 is 11.6 Å². The second-order valence-electron chi connectivity index (χ2n) is 5.46. The summed E-state index contributed by atoms with van der Waals surface area (Å²) in [6, 6.07) is 0. The van der Waals surface area contributed by atoms with E-state index in [1.165, 1.54) is 32.1 Å². The quantitative estimate of drug-likeness (QED) is 0.807. The van der Waals surface area contributed by atoms with Crippen LogP contribution < -0.4 is 11.6 Å². The summed E-state index contributed by atoms with van der Waals surface area (Å²) in [6.45, 7) is 4.37. The van der Waals surface area contributed by atoms with Crippen molar-refractivity contribution in [3.63, 3.8) is 0 Å². The van der Waals surface area contributed by atoms with Gasteiger partial charge in [-0.25, -0.2) is 9.66 Å². The third kappa shape index (κ3) is 2.33. The minimum atomic E-state index is 0.442. The van der Waals surface area contributed by atoms with Gasteiger partial charge in [0, 0.05) is 11.8 Å². The van der Waals surface area contributed by atoms with Crippen LogP contribution in [-0.2, 0) is 0 Å². The number of anilines is 1. The van der Waals surface area contributed by atoms with Crippen molar-refractivity contribution >= 4 is 5.82 Å². The molecular formula is C14H26N4. The highest BCUT2D eigenvalue weighted by molar-refractivity contribution is 5.41. The van der Waals surface area contributed by atoms with Crippen LogP contribution in [0.4, 0.5) is 5.82 Å². The van der Waals surface area contributed by atoms with E-state index in [0.717, 1.165) is 24.4 Å². The lowest BCUT2D eigenvalue weighted by atomic mass is 9.89. The van der Waals surface area contributed by atoms with Crippen molar-refractivity contribution in [3.05, 3.63) is 11.5 Å². The highest BCUT2D eigenvalue weighted by Gasteiger charge is 2.25. The molecule has 1 aliphatic rings. The standard InChI is InChI=1S/C14H26N4/c1-3-10(4-2)12-13(15)18(16)14(17-12)11-8-6-5-7-9-11/h10-11H,3-9,15-16H2,1-2H3. The van der Waals surface area contributed by atoms with Gasteiger partial charge in [-0.05, 0) is 25.7 Å². The average molecular weight is 250 g/mol. The van der Waals surface area contributed by atoms with Gasteiger partial charge in [-0.2, -0.15) is 0 Å². The molecule has 0 bridgehead atoms. The molecule has 0 amide bonds. The first-order valence-corrected chi connectivity index (χ1v) is 7.32. The number of nitrogens with two attached hydrogens (primary N) is 2. The van der Waals surface area contributed by atoms with Gasteiger partial charge in [0.25, 0.3) is 0 Å². The molecule has 2 rings (SSSR count). The summed E-state index contributed by atoms with van der Waals surface area (Å²) in [5.74, 6) is 8.74. The largest absolute Gasteiger partial charge is 0.382 e. The van der Waals surface area contributed by atoms with Gasteiger partial charge in [-0.15, -0.1) is 0 Å². The summed E-state index contributed by atoms with van der Waals surface area (Å²) < 4.78 is 1.64. The van der Waals surface area contributed by atoms with Crippen molar-refractivity contribution in [1.29, 1.82) is 0 Å². The number of nitrogens with zero attached hydrogens (tertiary/aromatic N) is 2. The number of hydrogen-bond donors (Lipinski definition) is 2. The predicted octanol–water partition coefficient (Wildman–Crippen LogP) is 3.13. The Labute approximate surface area is 110 Å². The minimum Gasteiger partial charge on any atom is -0.382 e. The third-order valence-electron chi connectivity index (χ3n) is 4.35. The van der Waals surface area contributed by atoms with Gasteiger partial charge in [-0.3, -0.25) is 0 Å². The molecule has 1 aromatic heterocycles. The number of imidazole rings is 1. The molecule has 4 N–H and O–H groups in total. The Balaban J connectivity index is 2.28. The topological polar surface area (TPSA) is 69.9 Å². The Morgan fingerprint density at radius 2 is 1.83 bits per heavy atom. The number of nitrogen functional groups attached to an aromatic ring is 2. The van der Waals surface area contributed by atoms with E-state index in [1.54, 1.807) is 4.68 Å². The molecule has 1 heterocycles. The molecule has 0 radical (unpaired) electrons. The predicted molar refractivity (Wildman–Crippen MR) is 75.9 cm³/mol. The Bertz CT molecular complexity index is 387. The van der Waals surface area contributed by atoms with Gasteiger partial charge in [-0.1, -0.05) is 33.1 Å². The van der Waals surface area contributed by atoms with Crippen LogP contribution in [-0.4, -0.2) is 9.66 Å². The maximum Gasteiger partial charge on any atom is 0.146 e. The molecule has 1 fully saturated rings. The van der Waals surface area contributed by atoms with Crippen molar-refractivity contribution in [2.24, 2.45) is 0 Å². The number of aromatic nitrogens is 2. The van der Waals surface area contributed by atoms with E-state index in [0.29, 0.717) is 17.7 Å². The molecule has 102 valence electrons. The molecule has 0 saturated heterocycles. The van der Waals surface area contributed by atoms with Gasteiger partial charge in [0.05, 0.1) is 5.69 Å².